The highest BCUT2D eigenvalue weighted by Crippen LogP contribution is 2.08. The normalized spacial score (nSPS) is 12.2. The van der Waals surface area contributed by atoms with Gasteiger partial charge in [-0.05, 0) is 13.8 Å². The smallest absolute Gasteiger partial charge is 0.330 e. The molecule has 19 heavy (non-hydrogen) atoms. The van der Waals surface area contributed by atoms with E-state index in [9.17, 15) is 17.8 Å². The van der Waals surface area contributed by atoms with E-state index in [1.807, 2.05) is 13.8 Å². The van der Waals surface area contributed by atoms with Gasteiger partial charge in [-0.15, -0.1) is 0 Å². The standard InChI is InChI=1S/C12H23NO5S/c1-4-12(14)18-10-9-13(5-2,6-3)8-7-11-19(15,16)17/h4H,1,5-11H2,2-3H3. The van der Waals surface area contributed by atoms with Gasteiger partial charge in [0.2, 0.25) is 0 Å². The van der Waals surface area contributed by atoms with Crippen molar-refractivity contribution in [2.45, 2.75) is 20.3 Å². The Morgan fingerprint density at radius 3 is 2.32 bits per heavy atom. The van der Waals surface area contributed by atoms with Crippen LogP contribution in [0.1, 0.15) is 20.3 Å². The number of ether oxygens (including phenoxy) is 1. The van der Waals surface area contributed by atoms with Crippen molar-refractivity contribution >= 4 is 16.1 Å². The van der Waals surface area contributed by atoms with Gasteiger partial charge < -0.3 is 13.8 Å². The molecule has 0 heterocycles. The molecule has 0 aromatic carbocycles. The van der Waals surface area contributed by atoms with Crippen LogP contribution in [0, 0.1) is 0 Å². The molecule has 6 nitrogen and oxygen atoms in total. The van der Waals surface area contributed by atoms with E-state index in [1.54, 1.807) is 0 Å². The summed E-state index contributed by atoms with van der Waals surface area (Å²) in [5.41, 5.74) is 0. The lowest BCUT2D eigenvalue weighted by Gasteiger charge is -2.36. The van der Waals surface area contributed by atoms with Crippen LogP contribution < -0.4 is 0 Å². The van der Waals surface area contributed by atoms with Gasteiger partial charge in [0.15, 0.2) is 0 Å². The molecule has 0 radical (unpaired) electrons. The Balaban J connectivity index is 4.33. The third-order valence-electron chi connectivity index (χ3n) is 3.35. The topological polar surface area (TPSA) is 83.5 Å². The van der Waals surface area contributed by atoms with Gasteiger partial charge in [-0.2, -0.15) is 0 Å². The molecular weight excluding hydrogens is 270 g/mol. The molecule has 0 atom stereocenters. The Morgan fingerprint density at radius 1 is 1.32 bits per heavy atom. The van der Waals surface area contributed by atoms with Crippen molar-refractivity contribution in [3.05, 3.63) is 12.7 Å². The number of hydrogen-bond acceptors (Lipinski definition) is 5. The number of rotatable bonds is 10. The average molecular weight is 293 g/mol. The summed E-state index contributed by atoms with van der Waals surface area (Å²) in [7, 11) is -4.16. The maximum Gasteiger partial charge on any atom is 0.330 e. The summed E-state index contributed by atoms with van der Waals surface area (Å²) in [6, 6.07) is 0. The average Bonchev–Trinajstić information content (AvgIpc) is 2.35. The maximum atomic E-state index is 11.0. The fraction of sp³-hybridized carbons (Fsp3) is 0.750. The molecule has 0 saturated heterocycles. The Morgan fingerprint density at radius 2 is 1.89 bits per heavy atom. The Kier molecular flexibility index (Phi) is 7.89. The second kappa shape index (κ2) is 8.29. The molecule has 0 spiro atoms. The summed E-state index contributed by atoms with van der Waals surface area (Å²) in [5.74, 6) is -0.813. The fourth-order valence-corrected chi connectivity index (χ4v) is 2.43. The first-order chi connectivity index (χ1) is 8.78. The minimum atomic E-state index is -4.16. The van der Waals surface area contributed by atoms with Gasteiger partial charge in [0.05, 0.1) is 29.8 Å². The van der Waals surface area contributed by atoms with E-state index in [2.05, 4.69) is 6.58 Å². The van der Waals surface area contributed by atoms with Crippen LogP contribution in [-0.4, -0.2) is 62.0 Å². The summed E-state index contributed by atoms with van der Waals surface area (Å²) in [4.78, 5) is 11.0. The number of hydrogen-bond donors (Lipinski definition) is 0. The predicted octanol–water partition coefficient (Wildman–Crippen LogP) is 0.508. The Hall–Kier alpha value is -0.920. The highest BCUT2D eigenvalue weighted by atomic mass is 32.2. The molecule has 0 aromatic heterocycles. The van der Waals surface area contributed by atoms with E-state index in [-0.39, 0.29) is 12.4 Å². The first kappa shape index (κ1) is 18.1. The van der Waals surface area contributed by atoms with Gasteiger partial charge in [0.25, 0.3) is 0 Å². The van der Waals surface area contributed by atoms with Crippen LogP contribution in [-0.2, 0) is 19.6 Å². The largest absolute Gasteiger partial charge is 0.748 e. The Bertz CT molecular complexity index is 387. The van der Waals surface area contributed by atoms with Crippen LogP contribution in [0.25, 0.3) is 0 Å². The molecule has 0 N–H and O–H groups in total. The quantitative estimate of drug-likeness (QED) is 0.253. The lowest BCUT2D eigenvalue weighted by Crippen LogP contribution is -2.50. The van der Waals surface area contributed by atoms with Gasteiger partial charge in [-0.25, -0.2) is 13.2 Å². The van der Waals surface area contributed by atoms with E-state index in [0.29, 0.717) is 24.0 Å². The number of carbonyl (C=O) groups is 1. The molecule has 0 unspecified atom stereocenters. The first-order valence-electron chi connectivity index (χ1n) is 6.36. The molecule has 0 aliphatic carbocycles. The van der Waals surface area contributed by atoms with Crippen LogP contribution in [0.3, 0.4) is 0 Å². The maximum absolute atomic E-state index is 11.0. The molecule has 0 aromatic rings. The van der Waals surface area contributed by atoms with Crippen LogP contribution in [0.4, 0.5) is 0 Å². The van der Waals surface area contributed by atoms with Crippen molar-refractivity contribution in [1.82, 2.24) is 0 Å². The van der Waals surface area contributed by atoms with Gasteiger partial charge in [-0.1, -0.05) is 6.58 Å². The van der Waals surface area contributed by atoms with E-state index < -0.39 is 16.1 Å². The van der Waals surface area contributed by atoms with Crippen molar-refractivity contribution in [3.8, 4) is 0 Å². The fourth-order valence-electron chi connectivity index (χ4n) is 1.94. The molecule has 0 aliphatic rings. The van der Waals surface area contributed by atoms with Gasteiger partial charge in [0.1, 0.15) is 13.2 Å². The summed E-state index contributed by atoms with van der Waals surface area (Å²) >= 11 is 0. The van der Waals surface area contributed by atoms with Crippen LogP contribution in [0.15, 0.2) is 12.7 Å². The second-order valence-electron chi connectivity index (χ2n) is 4.41. The molecule has 0 saturated carbocycles. The number of likely N-dealkylation sites (N-methyl/N-ethyl adjacent to an activating group) is 1. The zero-order valence-corrected chi connectivity index (χ0v) is 12.4. The van der Waals surface area contributed by atoms with Crippen molar-refractivity contribution < 1.29 is 27.0 Å². The predicted molar refractivity (Wildman–Crippen MR) is 71.4 cm³/mol. The third kappa shape index (κ3) is 7.97. The van der Waals surface area contributed by atoms with Crippen molar-refractivity contribution in [3.63, 3.8) is 0 Å². The van der Waals surface area contributed by atoms with Gasteiger partial charge in [0, 0.05) is 18.2 Å². The SMILES string of the molecule is C=CC(=O)OCC[N+](CC)(CC)CCCS(=O)(=O)[O-]. The lowest BCUT2D eigenvalue weighted by atomic mass is 10.3. The molecule has 0 bridgehead atoms. The summed E-state index contributed by atoms with van der Waals surface area (Å²) in [6.07, 6.45) is 1.43. The number of carbonyl (C=O) groups excluding carboxylic acids is 1. The van der Waals surface area contributed by atoms with E-state index >= 15 is 0 Å². The third-order valence-corrected chi connectivity index (χ3v) is 4.13. The lowest BCUT2D eigenvalue weighted by molar-refractivity contribution is -0.925. The van der Waals surface area contributed by atoms with Crippen LogP contribution in [0.5, 0.6) is 0 Å². The molecule has 7 heteroatoms. The molecular formula is C12H23NO5S. The zero-order chi connectivity index (χ0) is 14.9. The molecule has 0 rings (SSSR count). The minimum Gasteiger partial charge on any atom is -0.748 e. The van der Waals surface area contributed by atoms with Crippen molar-refractivity contribution in [2.75, 3.05) is 38.5 Å². The second-order valence-corrected chi connectivity index (χ2v) is 5.93. The highest BCUT2D eigenvalue weighted by molar-refractivity contribution is 7.85. The molecule has 0 amide bonds. The van der Waals surface area contributed by atoms with Crippen LogP contribution in [0.2, 0.25) is 0 Å². The summed E-state index contributed by atoms with van der Waals surface area (Å²) in [5, 5.41) is 0. The van der Waals surface area contributed by atoms with Crippen LogP contribution >= 0.6 is 0 Å². The molecule has 0 aliphatic heterocycles. The minimum absolute atomic E-state index is 0.261. The van der Waals surface area contributed by atoms with Crippen molar-refractivity contribution in [2.24, 2.45) is 0 Å². The number of nitrogens with zero attached hydrogens (tertiary/aromatic N) is 1. The summed E-state index contributed by atoms with van der Waals surface area (Å²) < 4.78 is 37.3. The van der Waals surface area contributed by atoms with Gasteiger partial charge >= 0.3 is 5.97 Å². The molecule has 112 valence electrons. The van der Waals surface area contributed by atoms with E-state index in [1.165, 1.54) is 0 Å². The molecule has 0 fully saturated rings. The van der Waals surface area contributed by atoms with E-state index in [4.69, 9.17) is 4.74 Å². The summed E-state index contributed by atoms with van der Waals surface area (Å²) in [6.45, 7) is 10.3. The first-order valence-corrected chi connectivity index (χ1v) is 7.94. The number of esters is 1. The van der Waals surface area contributed by atoms with Gasteiger partial charge in [-0.3, -0.25) is 0 Å². The van der Waals surface area contributed by atoms with E-state index in [0.717, 1.165) is 19.2 Å². The zero-order valence-electron chi connectivity index (χ0n) is 11.6. The number of quaternary nitrogens is 1. The Labute approximate surface area is 115 Å². The highest BCUT2D eigenvalue weighted by Gasteiger charge is 2.23. The van der Waals surface area contributed by atoms with Crippen molar-refractivity contribution in [1.29, 1.82) is 0 Å². The monoisotopic (exact) mass is 293 g/mol.